The summed E-state index contributed by atoms with van der Waals surface area (Å²) in [4.78, 5) is 12.1. The normalized spacial score (nSPS) is 17.2. The first-order chi connectivity index (χ1) is 11.0. The fraction of sp³-hybridized carbons (Fsp3) is 0.125. The van der Waals surface area contributed by atoms with E-state index in [0.717, 1.165) is 15.5 Å². The molecule has 7 heteroatoms. The van der Waals surface area contributed by atoms with Crippen LogP contribution in [0, 0.1) is 0 Å². The summed E-state index contributed by atoms with van der Waals surface area (Å²) in [6.07, 6.45) is 0. The number of phenols is 1. The molecule has 0 aliphatic carbocycles. The fourth-order valence-electron chi connectivity index (χ4n) is 2.07. The molecule has 0 radical (unpaired) electrons. The zero-order valence-corrected chi connectivity index (χ0v) is 14.3. The maximum Gasteiger partial charge on any atom is 0.347 e. The topological polar surface area (TPSA) is 72.5 Å². The van der Waals surface area contributed by atoms with Gasteiger partial charge in [0.15, 0.2) is 0 Å². The van der Waals surface area contributed by atoms with Crippen molar-refractivity contribution in [3.63, 3.8) is 0 Å². The lowest BCUT2D eigenvalue weighted by atomic mass is 10.2. The molecular formula is C16H13NO3S3. The van der Waals surface area contributed by atoms with Crippen LogP contribution >= 0.6 is 35.7 Å². The van der Waals surface area contributed by atoms with Gasteiger partial charge < -0.3 is 15.6 Å². The summed E-state index contributed by atoms with van der Waals surface area (Å²) in [6, 6.07) is 11.6. The molecule has 3 rings (SSSR count). The van der Waals surface area contributed by atoms with Crippen LogP contribution in [0.1, 0.15) is 20.5 Å². The Bertz CT molecular complexity index is 762. The van der Waals surface area contributed by atoms with Gasteiger partial charge in [0.1, 0.15) is 17.1 Å². The van der Waals surface area contributed by atoms with Gasteiger partial charge in [-0.25, -0.2) is 4.79 Å². The molecule has 1 fully saturated rings. The quantitative estimate of drug-likeness (QED) is 0.281. The maximum atomic E-state index is 12.1. The lowest BCUT2D eigenvalue weighted by molar-refractivity contribution is 0.0731. The minimum absolute atomic E-state index is 0.0429. The lowest BCUT2D eigenvalue weighted by Gasteiger charge is -2.10. The molecule has 1 saturated heterocycles. The summed E-state index contributed by atoms with van der Waals surface area (Å²) >= 11 is 8.66. The molecule has 4 nitrogen and oxygen atoms in total. The molecule has 2 aromatic rings. The molecule has 2 aromatic carbocycles. The minimum Gasteiger partial charge on any atom is -0.507 e. The summed E-state index contributed by atoms with van der Waals surface area (Å²) in [6.45, 7) is 0. The molecule has 0 saturated carbocycles. The van der Waals surface area contributed by atoms with Crippen molar-refractivity contribution in [2.75, 3.05) is 11.5 Å². The van der Waals surface area contributed by atoms with E-state index in [1.165, 1.54) is 18.2 Å². The Balaban J connectivity index is 1.72. The largest absolute Gasteiger partial charge is 0.507 e. The number of ether oxygens (including phenoxy) is 1. The van der Waals surface area contributed by atoms with E-state index in [4.69, 9.17) is 22.7 Å². The van der Waals surface area contributed by atoms with Gasteiger partial charge in [-0.05, 0) is 35.9 Å². The number of esters is 1. The van der Waals surface area contributed by atoms with Gasteiger partial charge in [-0.1, -0.05) is 36.1 Å². The van der Waals surface area contributed by atoms with Crippen LogP contribution in [0.15, 0.2) is 42.5 Å². The Kier molecular flexibility index (Phi) is 4.79. The number of carbonyl (C=O) groups is 1. The second-order valence-corrected chi connectivity index (χ2v) is 8.21. The van der Waals surface area contributed by atoms with Gasteiger partial charge in [0, 0.05) is 11.4 Å². The Morgan fingerprint density at radius 3 is 2.65 bits per heavy atom. The zero-order chi connectivity index (χ0) is 16.4. The van der Waals surface area contributed by atoms with E-state index in [9.17, 15) is 9.90 Å². The van der Waals surface area contributed by atoms with E-state index in [2.05, 4.69) is 0 Å². The number of hydrogen-bond acceptors (Lipinski definition) is 7. The van der Waals surface area contributed by atoms with Crippen LogP contribution in [0.2, 0.25) is 0 Å². The van der Waals surface area contributed by atoms with Crippen molar-refractivity contribution < 1.29 is 14.6 Å². The smallest absolute Gasteiger partial charge is 0.347 e. The van der Waals surface area contributed by atoms with Gasteiger partial charge >= 0.3 is 5.97 Å². The van der Waals surface area contributed by atoms with E-state index in [1.54, 1.807) is 35.7 Å². The first kappa shape index (κ1) is 16.2. The van der Waals surface area contributed by atoms with Crippen LogP contribution in [-0.4, -0.2) is 21.0 Å². The van der Waals surface area contributed by atoms with Crippen molar-refractivity contribution in [1.82, 2.24) is 0 Å². The van der Waals surface area contributed by atoms with Crippen LogP contribution in [0.5, 0.6) is 11.5 Å². The molecule has 1 atom stereocenters. The predicted octanol–water partition coefficient (Wildman–Crippen LogP) is 4.00. The van der Waals surface area contributed by atoms with E-state index < -0.39 is 5.97 Å². The highest BCUT2D eigenvalue weighted by Gasteiger charge is 2.22. The highest BCUT2D eigenvalue weighted by atomic mass is 32.2. The summed E-state index contributed by atoms with van der Waals surface area (Å²) < 4.78 is 6.58. The van der Waals surface area contributed by atoms with Crippen LogP contribution in [0.25, 0.3) is 0 Å². The molecule has 1 aliphatic rings. The summed E-state index contributed by atoms with van der Waals surface area (Å²) in [7, 11) is 0. The number of nitrogens with two attached hydrogens (primary N) is 1. The Hall–Kier alpha value is -1.70. The molecule has 1 heterocycles. The van der Waals surface area contributed by atoms with Crippen LogP contribution in [0.4, 0.5) is 5.69 Å². The first-order valence-corrected chi connectivity index (χ1v) is 9.08. The number of rotatable bonds is 3. The second kappa shape index (κ2) is 6.82. The zero-order valence-electron chi connectivity index (χ0n) is 11.9. The summed E-state index contributed by atoms with van der Waals surface area (Å²) in [5, 5.41) is 9.72. The number of anilines is 1. The third kappa shape index (κ3) is 3.80. The van der Waals surface area contributed by atoms with E-state index >= 15 is 0 Å². The Labute approximate surface area is 147 Å². The molecule has 1 aliphatic heterocycles. The third-order valence-corrected chi connectivity index (χ3v) is 6.61. The Morgan fingerprint density at radius 1 is 1.26 bits per heavy atom. The number of carbonyl (C=O) groups excluding carboxylic acids is 1. The van der Waals surface area contributed by atoms with Crippen molar-refractivity contribution in [2.24, 2.45) is 0 Å². The predicted molar refractivity (Wildman–Crippen MR) is 99.3 cm³/mol. The number of phenolic OH excluding ortho intramolecular Hbond substituents is 1. The third-order valence-electron chi connectivity index (χ3n) is 3.19. The van der Waals surface area contributed by atoms with Crippen molar-refractivity contribution in [3.05, 3.63) is 53.6 Å². The average Bonchev–Trinajstić information content (AvgIpc) is 2.97. The molecular weight excluding hydrogens is 350 g/mol. The number of aromatic hydroxyl groups is 1. The molecule has 0 amide bonds. The average molecular weight is 363 g/mol. The monoisotopic (exact) mass is 363 g/mol. The van der Waals surface area contributed by atoms with E-state index in [-0.39, 0.29) is 11.3 Å². The molecule has 0 bridgehead atoms. The number of thioether (sulfide) groups is 2. The van der Waals surface area contributed by atoms with Gasteiger partial charge in [-0.15, -0.1) is 11.8 Å². The minimum atomic E-state index is -0.645. The molecule has 118 valence electrons. The first-order valence-electron chi connectivity index (χ1n) is 6.74. The van der Waals surface area contributed by atoms with Crippen LogP contribution in [-0.2, 0) is 0 Å². The molecule has 1 unspecified atom stereocenters. The van der Waals surface area contributed by atoms with Crippen LogP contribution in [0.3, 0.4) is 0 Å². The fourth-order valence-corrected chi connectivity index (χ4v) is 5.21. The maximum absolute atomic E-state index is 12.1. The van der Waals surface area contributed by atoms with Gasteiger partial charge in [0.05, 0.1) is 8.78 Å². The Morgan fingerprint density at radius 2 is 2.00 bits per heavy atom. The number of benzene rings is 2. The van der Waals surface area contributed by atoms with E-state index in [1.807, 2.05) is 12.1 Å². The number of nitrogen functional groups attached to an aromatic ring is 1. The molecule has 23 heavy (non-hydrogen) atoms. The number of hydrogen-bond donors (Lipinski definition) is 2. The van der Waals surface area contributed by atoms with E-state index in [0.29, 0.717) is 16.0 Å². The molecule has 3 N–H and O–H groups in total. The summed E-state index contributed by atoms with van der Waals surface area (Å²) in [5.41, 5.74) is 7.18. The highest BCUT2D eigenvalue weighted by molar-refractivity contribution is 8.34. The van der Waals surface area contributed by atoms with Crippen LogP contribution < -0.4 is 10.5 Å². The van der Waals surface area contributed by atoms with Crippen molar-refractivity contribution in [2.45, 2.75) is 4.58 Å². The second-order valence-electron chi connectivity index (χ2n) is 4.87. The number of thiocarbonyl (C=S) groups is 1. The SMILES string of the molecule is Nc1ccc(O)c(C(=O)Oc2ccc(C3SCC(=S)S3)cc2)c1. The van der Waals surface area contributed by atoms with Gasteiger partial charge in [0.25, 0.3) is 0 Å². The van der Waals surface area contributed by atoms with Crippen molar-refractivity contribution >= 4 is 51.6 Å². The van der Waals surface area contributed by atoms with Crippen molar-refractivity contribution in [3.8, 4) is 11.5 Å². The standard InChI is InChI=1S/C16H13NO3S3/c17-10-3-6-13(18)12(7-10)15(19)20-11-4-1-9(2-5-11)16-22-8-14(21)23-16/h1-7,16,18H,8,17H2. The van der Waals surface area contributed by atoms with Crippen molar-refractivity contribution in [1.29, 1.82) is 0 Å². The van der Waals surface area contributed by atoms with Gasteiger partial charge in [0.2, 0.25) is 0 Å². The molecule has 0 spiro atoms. The molecule has 0 aromatic heterocycles. The summed E-state index contributed by atoms with van der Waals surface area (Å²) in [5.74, 6) is 0.494. The highest BCUT2D eigenvalue weighted by Crippen LogP contribution is 2.47. The lowest BCUT2D eigenvalue weighted by Crippen LogP contribution is -2.09. The van der Waals surface area contributed by atoms with Gasteiger partial charge in [-0.2, -0.15) is 0 Å². The van der Waals surface area contributed by atoms with Gasteiger partial charge in [-0.3, -0.25) is 0 Å².